The second-order valence-electron chi connectivity index (χ2n) is 0.815. The number of hydrogen-bond donors (Lipinski definition) is 0. The SMILES string of the molecule is [CH]=C(C)OC. The summed E-state index contributed by atoms with van der Waals surface area (Å²) >= 11 is 0. The molecule has 1 radical (unpaired) electrons. The maximum Gasteiger partial charge on any atom is 0.0925 e. The van der Waals surface area contributed by atoms with Crippen LogP contribution in [0.5, 0.6) is 0 Å². The van der Waals surface area contributed by atoms with Gasteiger partial charge < -0.3 is 4.74 Å². The van der Waals surface area contributed by atoms with Gasteiger partial charge in [-0.15, -0.1) is 0 Å². The van der Waals surface area contributed by atoms with Gasteiger partial charge >= 0.3 is 0 Å². The first-order valence-corrected chi connectivity index (χ1v) is 1.40. The van der Waals surface area contributed by atoms with Crippen molar-refractivity contribution < 1.29 is 4.74 Å². The molecule has 0 aliphatic carbocycles. The number of hydrogen-bond acceptors (Lipinski definition) is 1. The van der Waals surface area contributed by atoms with E-state index in [-0.39, 0.29) is 0 Å². The van der Waals surface area contributed by atoms with E-state index in [0.717, 1.165) is 0 Å². The van der Waals surface area contributed by atoms with Crippen LogP contribution in [0, 0.1) is 6.58 Å². The van der Waals surface area contributed by atoms with Gasteiger partial charge in [-0.25, -0.2) is 0 Å². The van der Waals surface area contributed by atoms with Crippen molar-refractivity contribution in [1.82, 2.24) is 0 Å². The molecule has 0 spiro atoms. The third-order valence-electron chi connectivity index (χ3n) is 0.322. The monoisotopic (exact) mass is 71.0 g/mol. The lowest BCUT2D eigenvalue weighted by atomic mass is 10.7. The summed E-state index contributed by atoms with van der Waals surface area (Å²) in [6.45, 7) is 6.68. The Hall–Kier alpha value is -0.460. The van der Waals surface area contributed by atoms with E-state index in [2.05, 4.69) is 4.74 Å². The van der Waals surface area contributed by atoms with Crippen LogP contribution in [-0.2, 0) is 4.74 Å². The summed E-state index contributed by atoms with van der Waals surface area (Å²) in [6, 6.07) is 0. The predicted molar refractivity (Wildman–Crippen MR) is 20.5 cm³/mol. The molecule has 0 saturated heterocycles. The molecule has 0 rings (SSSR count). The maximum absolute atomic E-state index is 4.99. The van der Waals surface area contributed by atoms with E-state index < -0.39 is 0 Å². The number of allylic oxidation sites excluding steroid dienone is 1. The van der Waals surface area contributed by atoms with Crippen molar-refractivity contribution in [2.24, 2.45) is 0 Å². The Bertz CT molecular complexity index is 38.9. The van der Waals surface area contributed by atoms with Gasteiger partial charge in [0, 0.05) is 0 Å². The zero-order valence-electron chi connectivity index (χ0n) is 3.49. The van der Waals surface area contributed by atoms with Crippen molar-refractivity contribution >= 4 is 0 Å². The second kappa shape index (κ2) is 1.82. The van der Waals surface area contributed by atoms with Gasteiger partial charge in [-0.1, -0.05) is 0 Å². The molecule has 29 valence electrons. The van der Waals surface area contributed by atoms with E-state index in [1.165, 1.54) is 7.11 Å². The van der Waals surface area contributed by atoms with Gasteiger partial charge in [0.05, 0.1) is 12.9 Å². The van der Waals surface area contributed by atoms with Crippen LogP contribution < -0.4 is 0 Å². The Morgan fingerprint density at radius 2 is 2.00 bits per heavy atom. The van der Waals surface area contributed by atoms with Crippen LogP contribution >= 0.6 is 0 Å². The first kappa shape index (κ1) is 4.54. The molecule has 5 heavy (non-hydrogen) atoms. The fourth-order valence-electron chi connectivity index (χ4n) is 0. The Morgan fingerprint density at radius 3 is 2.00 bits per heavy atom. The summed E-state index contributed by atoms with van der Waals surface area (Å²) in [5, 5.41) is 0. The largest absolute Gasteiger partial charge is 0.501 e. The van der Waals surface area contributed by atoms with Crippen molar-refractivity contribution in [3.8, 4) is 0 Å². The Labute approximate surface area is 32.3 Å². The number of ether oxygens (including phenoxy) is 1. The van der Waals surface area contributed by atoms with Crippen LogP contribution in [0.3, 0.4) is 0 Å². The predicted octanol–water partition coefficient (Wildman–Crippen LogP) is 0.970. The third-order valence-corrected chi connectivity index (χ3v) is 0.322. The van der Waals surface area contributed by atoms with Crippen LogP contribution in [0.25, 0.3) is 0 Å². The van der Waals surface area contributed by atoms with E-state index in [1.54, 1.807) is 6.92 Å². The van der Waals surface area contributed by atoms with Gasteiger partial charge in [0.1, 0.15) is 0 Å². The summed E-state index contributed by atoms with van der Waals surface area (Å²) in [5.41, 5.74) is 0. The zero-order valence-corrected chi connectivity index (χ0v) is 3.49. The van der Waals surface area contributed by atoms with Crippen molar-refractivity contribution in [2.75, 3.05) is 7.11 Å². The molecule has 0 aromatic carbocycles. The highest BCUT2D eigenvalue weighted by Gasteiger charge is 1.65. The highest BCUT2D eigenvalue weighted by molar-refractivity contribution is 4.66. The van der Waals surface area contributed by atoms with Gasteiger partial charge in [-0.2, -0.15) is 0 Å². The molecule has 0 aromatic rings. The second-order valence-corrected chi connectivity index (χ2v) is 0.815. The first-order chi connectivity index (χ1) is 2.27. The zero-order chi connectivity index (χ0) is 4.28. The van der Waals surface area contributed by atoms with Crippen LogP contribution in [0.1, 0.15) is 6.92 Å². The average molecular weight is 71.1 g/mol. The Kier molecular flexibility index (Phi) is 1.65. The molecule has 0 aliphatic rings. The molecule has 1 heteroatoms. The molecule has 0 heterocycles. The molecule has 0 unspecified atom stereocenters. The summed E-state index contributed by atoms with van der Waals surface area (Å²) in [7, 11) is 1.54. The molecule has 0 fully saturated rings. The minimum Gasteiger partial charge on any atom is -0.501 e. The molecule has 0 aliphatic heterocycles. The molecule has 0 amide bonds. The van der Waals surface area contributed by atoms with E-state index in [1.807, 2.05) is 0 Å². The van der Waals surface area contributed by atoms with Crippen molar-refractivity contribution in [2.45, 2.75) is 6.92 Å². The lowest BCUT2D eigenvalue weighted by Crippen LogP contribution is -1.70. The lowest BCUT2D eigenvalue weighted by molar-refractivity contribution is 0.294. The standard InChI is InChI=1S/C4H7O/c1-4(2)5-3/h1H,2-3H3. The topological polar surface area (TPSA) is 9.23 Å². The van der Waals surface area contributed by atoms with Crippen molar-refractivity contribution in [3.05, 3.63) is 12.3 Å². The fraction of sp³-hybridized carbons (Fsp3) is 0.500. The molecule has 0 aromatic heterocycles. The Balaban J connectivity index is 2.85. The van der Waals surface area contributed by atoms with E-state index in [4.69, 9.17) is 6.58 Å². The maximum atomic E-state index is 4.99. The summed E-state index contributed by atoms with van der Waals surface area (Å²) in [6.07, 6.45) is 0. The quantitative estimate of drug-likeness (QED) is 0.418. The molecule has 0 saturated carbocycles. The molecule has 1 nitrogen and oxygen atoms in total. The molecule has 0 atom stereocenters. The summed E-state index contributed by atoms with van der Waals surface area (Å²) in [5.74, 6) is 0.505. The average Bonchev–Trinajstić information content (AvgIpc) is 1.38. The van der Waals surface area contributed by atoms with Gasteiger partial charge in [-0.05, 0) is 13.5 Å². The molecular formula is C4H7O. The molecule has 0 N–H and O–H groups in total. The Morgan fingerprint density at radius 1 is 1.80 bits per heavy atom. The van der Waals surface area contributed by atoms with Gasteiger partial charge in [-0.3, -0.25) is 0 Å². The minimum atomic E-state index is 0.505. The molecular weight excluding hydrogens is 64.0 g/mol. The van der Waals surface area contributed by atoms with Gasteiger partial charge in [0.2, 0.25) is 0 Å². The minimum absolute atomic E-state index is 0.505. The number of methoxy groups -OCH3 is 1. The van der Waals surface area contributed by atoms with E-state index >= 15 is 0 Å². The van der Waals surface area contributed by atoms with Gasteiger partial charge in [0.15, 0.2) is 0 Å². The summed E-state index contributed by atoms with van der Waals surface area (Å²) < 4.78 is 4.44. The normalized spacial score (nSPS) is 6.80. The summed E-state index contributed by atoms with van der Waals surface area (Å²) in [4.78, 5) is 0. The number of rotatable bonds is 1. The van der Waals surface area contributed by atoms with Crippen LogP contribution in [-0.4, -0.2) is 7.11 Å². The van der Waals surface area contributed by atoms with Crippen molar-refractivity contribution in [3.63, 3.8) is 0 Å². The fourth-order valence-corrected chi connectivity index (χ4v) is 0. The van der Waals surface area contributed by atoms with Crippen molar-refractivity contribution in [1.29, 1.82) is 0 Å². The van der Waals surface area contributed by atoms with E-state index in [0.29, 0.717) is 5.76 Å². The smallest absolute Gasteiger partial charge is 0.0925 e. The van der Waals surface area contributed by atoms with Crippen LogP contribution in [0.15, 0.2) is 5.76 Å². The third kappa shape index (κ3) is 3.54. The van der Waals surface area contributed by atoms with E-state index in [9.17, 15) is 0 Å². The van der Waals surface area contributed by atoms with Crippen LogP contribution in [0.2, 0.25) is 0 Å². The molecule has 0 bridgehead atoms. The highest BCUT2D eigenvalue weighted by Crippen LogP contribution is 1.79. The van der Waals surface area contributed by atoms with Crippen LogP contribution in [0.4, 0.5) is 0 Å². The van der Waals surface area contributed by atoms with Gasteiger partial charge in [0.25, 0.3) is 0 Å². The highest BCUT2D eigenvalue weighted by atomic mass is 16.5. The first-order valence-electron chi connectivity index (χ1n) is 1.40. The lowest BCUT2D eigenvalue weighted by Gasteiger charge is -1.87.